The van der Waals surface area contributed by atoms with Crippen molar-refractivity contribution in [2.24, 2.45) is 0 Å². The van der Waals surface area contributed by atoms with Crippen LogP contribution in [0, 0.1) is 0 Å². The third-order valence-electron chi connectivity index (χ3n) is 1.67. The molecule has 0 unspecified atom stereocenters. The van der Waals surface area contributed by atoms with Gasteiger partial charge in [0.2, 0.25) is 0 Å². The molecular weight excluding hydrogens is 168 g/mol. The Bertz CT molecular complexity index is 220. The van der Waals surface area contributed by atoms with E-state index in [1.165, 1.54) is 12.8 Å². The third-order valence-corrected chi connectivity index (χ3v) is 2.35. The molecule has 0 aliphatic heterocycles. The van der Waals surface area contributed by atoms with Gasteiger partial charge in [-0.3, -0.25) is 0 Å². The topological polar surface area (TPSA) is 25.8 Å². The van der Waals surface area contributed by atoms with Crippen molar-refractivity contribution in [2.45, 2.75) is 31.1 Å². The summed E-state index contributed by atoms with van der Waals surface area (Å²) in [7, 11) is 0. The summed E-state index contributed by atoms with van der Waals surface area (Å²) >= 11 is 1.68. The van der Waals surface area contributed by atoms with Crippen LogP contribution in [0.5, 0.6) is 0 Å². The molecule has 0 aliphatic rings. The van der Waals surface area contributed by atoms with Gasteiger partial charge in [0, 0.05) is 23.7 Å². The van der Waals surface area contributed by atoms with Gasteiger partial charge in [0.15, 0.2) is 0 Å². The summed E-state index contributed by atoms with van der Waals surface area (Å²) in [6, 6.07) is 0. The van der Waals surface area contributed by atoms with Gasteiger partial charge in [-0.2, -0.15) is 0 Å². The Morgan fingerprint density at radius 3 is 2.50 bits per heavy atom. The van der Waals surface area contributed by atoms with E-state index < -0.39 is 0 Å². The van der Waals surface area contributed by atoms with Crippen molar-refractivity contribution in [3.05, 3.63) is 18.2 Å². The molecule has 1 heterocycles. The van der Waals surface area contributed by atoms with Gasteiger partial charge in [-0.15, -0.1) is 11.8 Å². The van der Waals surface area contributed by atoms with E-state index in [1.54, 1.807) is 11.8 Å². The maximum Gasteiger partial charge on any atom is 0.128 e. The van der Waals surface area contributed by atoms with Crippen LogP contribution in [-0.2, 0) is 6.42 Å². The maximum atomic E-state index is 4.26. The molecule has 66 valence electrons. The number of aryl methyl sites for hydroxylation is 1. The van der Waals surface area contributed by atoms with Crippen LogP contribution >= 0.6 is 11.8 Å². The highest BCUT2D eigenvalue weighted by Gasteiger charge is 1.95. The minimum atomic E-state index is 0.967. The Labute approximate surface area is 77.8 Å². The van der Waals surface area contributed by atoms with Crippen molar-refractivity contribution in [3.8, 4) is 0 Å². The Kier molecular flexibility index (Phi) is 4.08. The molecule has 2 nitrogen and oxygen atoms in total. The summed E-state index contributed by atoms with van der Waals surface area (Å²) in [4.78, 5) is 9.64. The fraction of sp³-hybridized carbons (Fsp3) is 0.556. The molecule has 1 aromatic rings. The minimum Gasteiger partial charge on any atom is -0.240 e. The van der Waals surface area contributed by atoms with Gasteiger partial charge in [0.1, 0.15) is 5.82 Å². The van der Waals surface area contributed by atoms with Gasteiger partial charge < -0.3 is 0 Å². The first-order chi connectivity index (χ1) is 5.86. The Morgan fingerprint density at radius 1 is 1.33 bits per heavy atom. The first kappa shape index (κ1) is 9.52. The third kappa shape index (κ3) is 2.81. The molecular formula is C9H14N2S. The largest absolute Gasteiger partial charge is 0.240 e. The van der Waals surface area contributed by atoms with Crippen molar-refractivity contribution in [1.82, 2.24) is 9.97 Å². The van der Waals surface area contributed by atoms with E-state index in [4.69, 9.17) is 0 Å². The van der Waals surface area contributed by atoms with Crippen molar-refractivity contribution in [3.63, 3.8) is 0 Å². The molecule has 3 heteroatoms. The molecule has 0 atom stereocenters. The molecule has 0 saturated heterocycles. The van der Waals surface area contributed by atoms with Crippen LogP contribution in [0.1, 0.15) is 25.6 Å². The standard InChI is InChI=1S/C9H14N2S/c1-3-4-5-9-10-6-8(12-2)7-11-9/h6-7H,3-5H2,1-2H3. The highest BCUT2D eigenvalue weighted by atomic mass is 32.2. The van der Waals surface area contributed by atoms with Crippen molar-refractivity contribution >= 4 is 11.8 Å². The van der Waals surface area contributed by atoms with E-state index in [2.05, 4.69) is 16.9 Å². The lowest BCUT2D eigenvalue weighted by molar-refractivity contribution is 0.748. The second kappa shape index (κ2) is 5.14. The van der Waals surface area contributed by atoms with Crippen LogP contribution in [0.4, 0.5) is 0 Å². The quantitative estimate of drug-likeness (QED) is 0.669. The van der Waals surface area contributed by atoms with Crippen LogP contribution in [0.25, 0.3) is 0 Å². The normalized spacial score (nSPS) is 10.2. The summed E-state index contributed by atoms with van der Waals surface area (Å²) in [6.07, 6.45) is 9.20. The molecule has 0 aromatic carbocycles. The van der Waals surface area contributed by atoms with Gasteiger partial charge in [0.05, 0.1) is 0 Å². The lowest BCUT2D eigenvalue weighted by atomic mass is 10.2. The zero-order valence-electron chi connectivity index (χ0n) is 7.58. The molecule has 1 rings (SSSR count). The van der Waals surface area contributed by atoms with E-state index >= 15 is 0 Å². The number of hydrogen-bond donors (Lipinski definition) is 0. The van der Waals surface area contributed by atoms with Gasteiger partial charge >= 0.3 is 0 Å². The predicted octanol–water partition coefficient (Wildman–Crippen LogP) is 2.54. The second-order valence-electron chi connectivity index (χ2n) is 2.64. The SMILES string of the molecule is CCCCc1ncc(SC)cn1. The van der Waals surface area contributed by atoms with Gasteiger partial charge in [0.25, 0.3) is 0 Å². The number of aromatic nitrogens is 2. The van der Waals surface area contributed by atoms with E-state index in [0.717, 1.165) is 17.1 Å². The molecule has 0 fully saturated rings. The Morgan fingerprint density at radius 2 is 2.00 bits per heavy atom. The first-order valence-electron chi connectivity index (χ1n) is 4.21. The van der Waals surface area contributed by atoms with Crippen LogP contribution < -0.4 is 0 Å². The van der Waals surface area contributed by atoms with Crippen LogP contribution in [0.2, 0.25) is 0 Å². The van der Waals surface area contributed by atoms with E-state index in [1.807, 2.05) is 18.6 Å². The Hall–Kier alpha value is -0.570. The predicted molar refractivity (Wildman–Crippen MR) is 52.4 cm³/mol. The lowest BCUT2D eigenvalue weighted by Crippen LogP contribution is -1.93. The zero-order chi connectivity index (χ0) is 8.81. The molecule has 0 spiro atoms. The maximum absolute atomic E-state index is 4.26. The fourth-order valence-corrected chi connectivity index (χ4v) is 1.23. The van der Waals surface area contributed by atoms with E-state index in [-0.39, 0.29) is 0 Å². The first-order valence-corrected chi connectivity index (χ1v) is 5.44. The molecule has 1 aromatic heterocycles. The molecule has 0 saturated carbocycles. The highest BCUT2D eigenvalue weighted by Crippen LogP contribution is 2.10. The smallest absolute Gasteiger partial charge is 0.128 e. The average molecular weight is 182 g/mol. The summed E-state index contributed by atoms with van der Waals surface area (Å²) < 4.78 is 0. The zero-order valence-corrected chi connectivity index (χ0v) is 8.40. The summed E-state index contributed by atoms with van der Waals surface area (Å²) in [5.74, 6) is 0.967. The van der Waals surface area contributed by atoms with Crippen molar-refractivity contribution < 1.29 is 0 Å². The van der Waals surface area contributed by atoms with Crippen molar-refractivity contribution in [2.75, 3.05) is 6.26 Å². The van der Waals surface area contributed by atoms with Gasteiger partial charge in [-0.25, -0.2) is 9.97 Å². The molecule has 0 bridgehead atoms. The van der Waals surface area contributed by atoms with Gasteiger partial charge in [-0.05, 0) is 12.7 Å². The second-order valence-corrected chi connectivity index (χ2v) is 3.52. The number of unbranched alkanes of at least 4 members (excludes halogenated alkanes) is 1. The molecule has 0 radical (unpaired) electrons. The van der Waals surface area contributed by atoms with Crippen LogP contribution in [0.15, 0.2) is 17.3 Å². The average Bonchev–Trinajstić information content (AvgIpc) is 2.15. The molecule has 0 amide bonds. The monoisotopic (exact) mass is 182 g/mol. The van der Waals surface area contributed by atoms with E-state index in [0.29, 0.717) is 0 Å². The number of hydrogen-bond acceptors (Lipinski definition) is 3. The molecule has 12 heavy (non-hydrogen) atoms. The highest BCUT2D eigenvalue weighted by molar-refractivity contribution is 7.98. The number of nitrogens with zero attached hydrogens (tertiary/aromatic N) is 2. The van der Waals surface area contributed by atoms with Crippen LogP contribution in [-0.4, -0.2) is 16.2 Å². The summed E-state index contributed by atoms with van der Waals surface area (Å²) in [5, 5.41) is 0. The Balaban J connectivity index is 2.53. The summed E-state index contributed by atoms with van der Waals surface area (Å²) in [6.45, 7) is 2.18. The van der Waals surface area contributed by atoms with Crippen LogP contribution in [0.3, 0.4) is 0 Å². The van der Waals surface area contributed by atoms with E-state index in [9.17, 15) is 0 Å². The lowest BCUT2D eigenvalue weighted by Gasteiger charge is -1.98. The molecule has 0 N–H and O–H groups in total. The van der Waals surface area contributed by atoms with Gasteiger partial charge in [-0.1, -0.05) is 13.3 Å². The fourth-order valence-electron chi connectivity index (χ4n) is 0.912. The summed E-state index contributed by atoms with van der Waals surface area (Å²) in [5.41, 5.74) is 0. The van der Waals surface area contributed by atoms with Crippen molar-refractivity contribution in [1.29, 1.82) is 0 Å². The molecule has 0 aliphatic carbocycles. The minimum absolute atomic E-state index is 0.967. The number of rotatable bonds is 4. The number of thioether (sulfide) groups is 1.